The van der Waals surface area contributed by atoms with E-state index in [1.54, 1.807) is 50.6 Å². The number of hydrogen-bond acceptors (Lipinski definition) is 15. The lowest BCUT2D eigenvalue weighted by Crippen LogP contribution is -2.12. The van der Waals surface area contributed by atoms with Gasteiger partial charge in [-0.1, -0.05) is 54.4 Å². The van der Waals surface area contributed by atoms with Crippen molar-refractivity contribution in [3.05, 3.63) is 117 Å². The molecule has 19 heteroatoms. The van der Waals surface area contributed by atoms with Gasteiger partial charge in [-0.3, -0.25) is 19.7 Å². The number of anilines is 2. The van der Waals surface area contributed by atoms with Crippen molar-refractivity contribution in [3.8, 4) is 57.7 Å². The van der Waals surface area contributed by atoms with Gasteiger partial charge in [0.2, 0.25) is 0 Å². The quantitative estimate of drug-likeness (QED) is 0.103. The van der Waals surface area contributed by atoms with E-state index >= 15 is 0 Å². The third kappa shape index (κ3) is 12.0. The van der Waals surface area contributed by atoms with Crippen molar-refractivity contribution in [1.82, 2.24) is 9.97 Å². The van der Waals surface area contributed by atoms with Crippen LogP contribution in [0.3, 0.4) is 0 Å². The van der Waals surface area contributed by atoms with Crippen LogP contribution in [0.2, 0.25) is 0 Å². The van der Waals surface area contributed by atoms with Crippen molar-refractivity contribution in [2.75, 3.05) is 39.5 Å². The number of halogens is 2. The Hall–Kier alpha value is -7.02. The molecule has 0 aliphatic carbocycles. The Morgan fingerprint density at radius 3 is 1.53 bits per heavy atom. The van der Waals surface area contributed by atoms with Crippen molar-refractivity contribution in [1.29, 1.82) is 10.5 Å². The average molecular weight is 890 g/mol. The molecule has 0 atom stereocenters. The molecule has 0 saturated carbocycles. The summed E-state index contributed by atoms with van der Waals surface area (Å²) in [6.07, 6.45) is 0. The molecular formula is C41H34Cl2N6O9S2. The summed E-state index contributed by atoms with van der Waals surface area (Å²) in [7, 11) is 6.15. The number of nitrogens with one attached hydrogen (secondary N) is 1. The Balaban J connectivity index is 0.000000264. The number of aromatic nitrogens is 2. The highest BCUT2D eigenvalue weighted by Gasteiger charge is 2.18. The smallest absolute Gasteiger partial charge is 0.335 e. The fourth-order valence-electron chi connectivity index (χ4n) is 4.95. The van der Waals surface area contributed by atoms with Gasteiger partial charge in [-0.25, -0.2) is 14.8 Å². The molecule has 2 aromatic heterocycles. The molecule has 6 aromatic rings. The van der Waals surface area contributed by atoms with Crippen LogP contribution >= 0.6 is 45.9 Å². The highest BCUT2D eigenvalue weighted by atomic mass is 35.5. The summed E-state index contributed by atoms with van der Waals surface area (Å²) in [5.74, 6) is 0.588. The lowest BCUT2D eigenvalue weighted by atomic mass is 10.1. The molecule has 308 valence electrons. The van der Waals surface area contributed by atoms with Crippen LogP contribution in [-0.2, 0) is 0 Å². The summed E-state index contributed by atoms with van der Waals surface area (Å²) in [4.78, 5) is 54.1. The SMILES string of the molecule is C.COc1ccc(-c2nc(N)sc2C#N)cc1OC.COc1ccc(-c2nc(NC(=O)c3cccc(C(=O)O)c3)sc2C#N)cc1OC.O=C(Cl)c1cccc(C(=O)Cl)c1. The maximum atomic E-state index is 12.5. The number of hydrogen-bond donors (Lipinski definition) is 3. The number of nitriles is 2. The number of nitrogens with two attached hydrogens (primary N) is 1. The summed E-state index contributed by atoms with van der Waals surface area (Å²) in [6.45, 7) is 0. The maximum absolute atomic E-state index is 12.5. The summed E-state index contributed by atoms with van der Waals surface area (Å²) in [5.41, 5.74) is 8.70. The summed E-state index contributed by atoms with van der Waals surface area (Å²) in [5, 5.41) is 29.5. The van der Waals surface area contributed by atoms with Crippen LogP contribution in [0.25, 0.3) is 22.5 Å². The Morgan fingerprint density at radius 2 is 1.08 bits per heavy atom. The van der Waals surface area contributed by atoms with Gasteiger partial charge >= 0.3 is 5.97 Å². The Kier molecular flexibility index (Phi) is 17.5. The van der Waals surface area contributed by atoms with E-state index in [4.69, 9.17) is 58.3 Å². The molecule has 0 radical (unpaired) electrons. The van der Waals surface area contributed by atoms with Gasteiger partial charge in [0.05, 0.1) is 34.0 Å². The lowest BCUT2D eigenvalue weighted by molar-refractivity contribution is 0.0696. The maximum Gasteiger partial charge on any atom is 0.335 e. The van der Waals surface area contributed by atoms with Crippen molar-refractivity contribution < 1.29 is 43.2 Å². The summed E-state index contributed by atoms with van der Waals surface area (Å²) in [6, 6.07) is 26.2. The number of carbonyl (C=O) groups is 4. The Bertz CT molecular complexity index is 2590. The second-order valence-corrected chi connectivity index (χ2v) is 14.0. The zero-order valence-corrected chi connectivity index (χ0v) is 34.4. The molecule has 0 unspecified atom stereocenters. The number of ether oxygens (including phenoxy) is 4. The van der Waals surface area contributed by atoms with Gasteiger partial charge in [-0.15, -0.1) is 0 Å². The van der Waals surface area contributed by atoms with Crippen molar-refractivity contribution in [2.24, 2.45) is 0 Å². The molecule has 0 aliphatic rings. The number of aromatic carboxylic acids is 1. The van der Waals surface area contributed by atoms with E-state index in [2.05, 4.69) is 27.4 Å². The van der Waals surface area contributed by atoms with E-state index in [-0.39, 0.29) is 34.8 Å². The van der Waals surface area contributed by atoms with E-state index in [1.165, 1.54) is 68.0 Å². The van der Waals surface area contributed by atoms with Crippen molar-refractivity contribution in [2.45, 2.75) is 7.43 Å². The first-order valence-corrected chi connectivity index (χ1v) is 18.8. The molecule has 0 spiro atoms. The Labute approximate surface area is 362 Å². The number of benzene rings is 4. The fourth-order valence-corrected chi connectivity index (χ4v) is 6.61. The predicted molar refractivity (Wildman–Crippen MR) is 230 cm³/mol. The second kappa shape index (κ2) is 22.2. The van der Waals surface area contributed by atoms with E-state index in [0.29, 0.717) is 54.8 Å². The molecule has 6 rings (SSSR count). The zero-order valence-electron chi connectivity index (χ0n) is 31.2. The van der Waals surface area contributed by atoms with Crippen molar-refractivity contribution in [3.63, 3.8) is 0 Å². The van der Waals surface area contributed by atoms with Crippen LogP contribution < -0.4 is 30.0 Å². The van der Waals surface area contributed by atoms with Gasteiger partial charge in [-0.05, 0) is 83.9 Å². The number of carboxylic acid groups (broad SMARTS) is 1. The van der Waals surface area contributed by atoms with Crippen molar-refractivity contribution >= 4 is 78.5 Å². The van der Waals surface area contributed by atoms with Crippen LogP contribution in [0.1, 0.15) is 58.6 Å². The third-order valence-corrected chi connectivity index (χ3v) is 9.80. The normalized spacial score (nSPS) is 9.73. The molecule has 60 heavy (non-hydrogen) atoms. The molecule has 0 aliphatic heterocycles. The van der Waals surface area contributed by atoms with Gasteiger partial charge in [-0.2, -0.15) is 10.5 Å². The van der Waals surface area contributed by atoms with Gasteiger partial charge in [0.1, 0.15) is 33.3 Å². The lowest BCUT2D eigenvalue weighted by Gasteiger charge is -2.08. The summed E-state index contributed by atoms with van der Waals surface area (Å²) < 4.78 is 20.9. The van der Waals surface area contributed by atoms with Crippen LogP contribution in [0.4, 0.5) is 10.3 Å². The molecule has 0 saturated heterocycles. The molecular weight excluding hydrogens is 856 g/mol. The second-order valence-electron chi connectivity index (χ2n) is 11.3. The van der Waals surface area contributed by atoms with E-state index in [9.17, 15) is 24.4 Å². The summed E-state index contributed by atoms with van der Waals surface area (Å²) >= 11 is 12.6. The van der Waals surface area contributed by atoms with Gasteiger partial charge in [0, 0.05) is 27.8 Å². The molecule has 2 heterocycles. The van der Waals surface area contributed by atoms with Gasteiger partial charge in [0.25, 0.3) is 16.4 Å². The standard InChI is InChI=1S/C20H15N3O5S.C12H11N3O2S.C8H4Cl2O2.CH4/c1-27-14-7-6-11(9-15(14)28-2)17-16(10-21)29-20(22-17)23-18(24)12-4-3-5-13(8-12)19(25)26;1-16-8-4-3-7(5-9(8)17-2)11-10(6-13)18-12(14)15-11;9-7(11)5-2-1-3-6(4-5)8(10)12;/h3-9H,1-2H3,(H,25,26)(H,22,23,24);3-5H,1-2H3,(H2,14,15);1-4H;1H4. The van der Waals surface area contributed by atoms with Gasteiger partial charge < -0.3 is 29.8 Å². The highest BCUT2D eigenvalue weighted by Crippen LogP contribution is 2.37. The minimum absolute atomic E-state index is 0. The number of nitrogens with zero attached hydrogens (tertiary/aromatic N) is 4. The first-order chi connectivity index (χ1) is 28.3. The molecule has 15 nitrogen and oxygen atoms in total. The van der Waals surface area contributed by atoms with Crippen LogP contribution in [0.15, 0.2) is 84.9 Å². The molecule has 0 fully saturated rings. The number of amides is 1. The zero-order chi connectivity index (χ0) is 43.2. The minimum atomic E-state index is -1.13. The molecule has 4 N–H and O–H groups in total. The fraction of sp³-hybridized carbons (Fsp3) is 0.122. The van der Waals surface area contributed by atoms with Gasteiger partial charge in [0.15, 0.2) is 33.3 Å². The molecule has 0 bridgehead atoms. The number of carbonyl (C=O) groups excluding carboxylic acids is 3. The van der Waals surface area contributed by atoms with Crippen LogP contribution in [0, 0.1) is 22.7 Å². The van der Waals surface area contributed by atoms with E-state index in [1.807, 2.05) is 6.07 Å². The molecule has 1 amide bonds. The number of rotatable bonds is 11. The largest absolute Gasteiger partial charge is 0.493 e. The number of methoxy groups -OCH3 is 4. The highest BCUT2D eigenvalue weighted by molar-refractivity contribution is 7.17. The van der Waals surface area contributed by atoms with Crippen LogP contribution in [0.5, 0.6) is 23.0 Å². The molecule has 4 aromatic carbocycles. The minimum Gasteiger partial charge on any atom is -0.493 e. The first kappa shape index (κ1) is 47.4. The van der Waals surface area contributed by atoms with E-state index in [0.717, 1.165) is 16.9 Å². The number of thiazole rings is 2. The first-order valence-electron chi connectivity index (χ1n) is 16.4. The average Bonchev–Trinajstić information content (AvgIpc) is 3.85. The third-order valence-electron chi connectivity index (χ3n) is 7.70. The number of nitrogen functional groups attached to an aromatic ring is 1. The topological polar surface area (TPSA) is 237 Å². The van der Waals surface area contributed by atoms with E-state index < -0.39 is 22.4 Å². The number of carboxylic acids is 1. The Morgan fingerprint density at radius 1 is 0.650 bits per heavy atom. The monoisotopic (exact) mass is 888 g/mol. The predicted octanol–water partition coefficient (Wildman–Crippen LogP) is 9.01. The van der Waals surface area contributed by atoms with Crippen LogP contribution in [-0.4, -0.2) is 65.9 Å².